The number of likely N-dealkylation sites (N-methyl/N-ethyl adjacent to an activating group) is 1. The molecule has 1 aliphatic carbocycles. The molecule has 0 bridgehead atoms. The van der Waals surface area contributed by atoms with Crippen LogP contribution in [0.25, 0.3) is 5.69 Å². The predicted molar refractivity (Wildman–Crippen MR) is 120 cm³/mol. The van der Waals surface area contributed by atoms with Crippen molar-refractivity contribution in [2.45, 2.75) is 36.6 Å². The number of nitrogens with one attached hydrogen (secondary N) is 5. The number of hydrogen-bond donors (Lipinski definition) is 6. The van der Waals surface area contributed by atoms with Gasteiger partial charge in [0, 0.05) is 18.5 Å². The fourth-order valence-electron chi connectivity index (χ4n) is 4.27. The molecule has 0 saturated heterocycles. The van der Waals surface area contributed by atoms with Crippen LogP contribution in [0.5, 0.6) is 0 Å². The maximum absolute atomic E-state index is 13.0. The predicted octanol–water partition coefficient (Wildman–Crippen LogP) is -1.06. The summed E-state index contributed by atoms with van der Waals surface area (Å²) in [5.41, 5.74) is -1.97. The molecule has 1 heterocycles. The van der Waals surface area contributed by atoms with Gasteiger partial charge in [-0.2, -0.15) is 9.78 Å². The van der Waals surface area contributed by atoms with Gasteiger partial charge in [-0.25, -0.2) is 4.79 Å². The first kappa shape index (κ1) is 24.1. The van der Waals surface area contributed by atoms with E-state index in [1.54, 1.807) is 7.05 Å². The molecule has 0 radical (unpaired) electrons. The molecule has 1 aliphatic rings. The van der Waals surface area contributed by atoms with Gasteiger partial charge in [0.05, 0.1) is 28.0 Å². The summed E-state index contributed by atoms with van der Waals surface area (Å²) in [6, 6.07) is 4.43. The summed E-state index contributed by atoms with van der Waals surface area (Å²) in [7, 11) is 5.44. The number of aliphatic hydroxyl groups is 1. The fourth-order valence-corrected chi connectivity index (χ4v) is 4.47. The van der Waals surface area contributed by atoms with Crippen LogP contribution in [0.4, 0.5) is 0 Å². The number of carbonyl (C=O) groups is 1. The molecule has 6 N–H and O–H groups in total. The maximum atomic E-state index is 13.0. The first-order valence-electron chi connectivity index (χ1n) is 10.2. The highest BCUT2D eigenvalue weighted by Crippen LogP contribution is 2.33. The number of halogens is 1. The summed E-state index contributed by atoms with van der Waals surface area (Å²) < 4.78 is 0.968. The van der Waals surface area contributed by atoms with Crippen molar-refractivity contribution >= 4 is 17.5 Å². The molecule has 1 aromatic heterocycles. The summed E-state index contributed by atoms with van der Waals surface area (Å²) in [4.78, 5) is 38.4. The molecule has 174 valence electrons. The van der Waals surface area contributed by atoms with Gasteiger partial charge in [0.15, 0.2) is 0 Å². The van der Waals surface area contributed by atoms with Crippen molar-refractivity contribution in [1.82, 2.24) is 36.0 Å². The SMILES string of the molecule is CNC1(CNC(=O)c2cc(-n3ncc(=O)[nH]c3=O)ccc2Cl)CC(O)CC(NC)(NC)C1. The summed E-state index contributed by atoms with van der Waals surface area (Å²) in [5.74, 6) is -0.441. The number of rotatable bonds is 7. The van der Waals surface area contributed by atoms with Crippen LogP contribution in [-0.2, 0) is 0 Å². The maximum Gasteiger partial charge on any atom is 0.349 e. The molecule has 2 unspecified atom stereocenters. The van der Waals surface area contributed by atoms with Crippen molar-refractivity contribution in [1.29, 1.82) is 0 Å². The number of amides is 1. The monoisotopic (exact) mass is 465 g/mol. The standard InChI is InChI=1S/C20H28ClN7O4/c1-22-19(7-13(29)8-20(10-19,23-2)24-3)11-25-17(31)14-6-12(4-5-15(14)21)28-18(32)27-16(30)9-26-28/h4-6,9,13,22-24,29H,7-8,10-11H2,1-3H3,(H,25,31)(H,27,30,32). The Balaban J connectivity index is 1.84. The van der Waals surface area contributed by atoms with Crippen LogP contribution in [0.1, 0.15) is 29.6 Å². The highest BCUT2D eigenvalue weighted by atomic mass is 35.5. The van der Waals surface area contributed by atoms with E-state index >= 15 is 0 Å². The number of carbonyl (C=O) groups excluding carboxylic acids is 1. The zero-order valence-corrected chi connectivity index (χ0v) is 18.9. The summed E-state index contributed by atoms with van der Waals surface area (Å²) >= 11 is 6.24. The lowest BCUT2D eigenvalue weighted by molar-refractivity contribution is 0.00802. The van der Waals surface area contributed by atoms with E-state index in [0.29, 0.717) is 19.3 Å². The smallest absolute Gasteiger partial charge is 0.349 e. The molecular formula is C20H28ClN7O4. The lowest BCUT2D eigenvalue weighted by atomic mass is 9.73. The first-order chi connectivity index (χ1) is 15.2. The van der Waals surface area contributed by atoms with Crippen LogP contribution in [0.2, 0.25) is 5.02 Å². The Bertz CT molecular complexity index is 1100. The lowest BCUT2D eigenvalue weighted by Crippen LogP contribution is -2.68. The molecule has 1 fully saturated rings. The van der Waals surface area contributed by atoms with Crippen molar-refractivity contribution in [3.8, 4) is 5.69 Å². The van der Waals surface area contributed by atoms with E-state index < -0.39 is 34.5 Å². The average molecular weight is 466 g/mol. The topological polar surface area (TPSA) is 153 Å². The molecule has 0 spiro atoms. The summed E-state index contributed by atoms with van der Waals surface area (Å²) in [6.07, 6.45) is 2.01. The minimum absolute atomic E-state index is 0.153. The number of aromatic nitrogens is 3. The van der Waals surface area contributed by atoms with Crippen LogP contribution >= 0.6 is 11.6 Å². The van der Waals surface area contributed by atoms with Crippen molar-refractivity contribution in [2.75, 3.05) is 27.7 Å². The van der Waals surface area contributed by atoms with Crippen LogP contribution in [0.15, 0.2) is 34.0 Å². The van der Waals surface area contributed by atoms with Crippen molar-refractivity contribution in [2.24, 2.45) is 0 Å². The number of nitrogens with zero attached hydrogens (tertiary/aromatic N) is 2. The molecule has 1 amide bonds. The molecular weight excluding hydrogens is 438 g/mol. The summed E-state index contributed by atoms with van der Waals surface area (Å²) in [5, 5.41) is 27.1. The second-order valence-electron chi connectivity index (χ2n) is 8.05. The third-order valence-electron chi connectivity index (χ3n) is 6.08. The van der Waals surface area contributed by atoms with Gasteiger partial charge in [-0.05, 0) is 52.2 Å². The Morgan fingerprint density at radius 1 is 1.25 bits per heavy atom. The molecule has 32 heavy (non-hydrogen) atoms. The Labute approximate surface area is 189 Å². The van der Waals surface area contributed by atoms with E-state index in [-0.39, 0.29) is 22.8 Å². The fraction of sp³-hybridized carbons (Fsp3) is 0.500. The molecule has 11 nitrogen and oxygen atoms in total. The summed E-state index contributed by atoms with van der Waals surface area (Å²) in [6.45, 7) is 0.238. The highest BCUT2D eigenvalue weighted by molar-refractivity contribution is 6.33. The molecule has 2 atom stereocenters. The van der Waals surface area contributed by atoms with Crippen molar-refractivity contribution in [3.63, 3.8) is 0 Å². The second kappa shape index (κ2) is 9.51. The molecule has 1 saturated carbocycles. The molecule has 0 aliphatic heterocycles. The van der Waals surface area contributed by atoms with Gasteiger partial charge in [-0.3, -0.25) is 14.6 Å². The average Bonchev–Trinajstić information content (AvgIpc) is 2.77. The minimum Gasteiger partial charge on any atom is -0.393 e. The van der Waals surface area contributed by atoms with E-state index in [2.05, 4.69) is 31.3 Å². The Hall–Kier alpha value is -2.57. The van der Waals surface area contributed by atoms with Gasteiger partial charge in [0.1, 0.15) is 6.20 Å². The van der Waals surface area contributed by atoms with E-state index in [1.807, 2.05) is 14.1 Å². The normalized spacial score (nSPS) is 22.5. The first-order valence-corrected chi connectivity index (χ1v) is 10.6. The lowest BCUT2D eigenvalue weighted by Gasteiger charge is -2.49. The number of aromatic amines is 1. The highest BCUT2D eigenvalue weighted by Gasteiger charge is 2.46. The Kier molecular flexibility index (Phi) is 7.16. The van der Waals surface area contributed by atoms with Gasteiger partial charge in [-0.1, -0.05) is 11.6 Å². The van der Waals surface area contributed by atoms with Gasteiger partial charge >= 0.3 is 5.69 Å². The quantitative estimate of drug-likeness (QED) is 0.283. The molecule has 2 aromatic rings. The Morgan fingerprint density at radius 3 is 2.59 bits per heavy atom. The van der Waals surface area contributed by atoms with E-state index in [4.69, 9.17) is 11.6 Å². The van der Waals surface area contributed by atoms with E-state index in [9.17, 15) is 19.5 Å². The van der Waals surface area contributed by atoms with E-state index in [1.165, 1.54) is 18.2 Å². The van der Waals surface area contributed by atoms with Crippen molar-refractivity contribution < 1.29 is 9.90 Å². The van der Waals surface area contributed by atoms with Gasteiger partial charge in [0.2, 0.25) is 0 Å². The van der Waals surface area contributed by atoms with Crippen LogP contribution in [0.3, 0.4) is 0 Å². The third kappa shape index (κ3) is 4.92. The molecule has 12 heteroatoms. The molecule has 1 aromatic carbocycles. The van der Waals surface area contributed by atoms with E-state index in [0.717, 1.165) is 10.9 Å². The minimum atomic E-state index is -0.730. The van der Waals surface area contributed by atoms with Crippen LogP contribution in [0, 0.1) is 0 Å². The largest absolute Gasteiger partial charge is 0.393 e. The number of aliphatic hydroxyl groups excluding tert-OH is 1. The Morgan fingerprint density at radius 2 is 1.97 bits per heavy atom. The zero-order chi connectivity index (χ0) is 23.5. The zero-order valence-electron chi connectivity index (χ0n) is 18.2. The van der Waals surface area contributed by atoms with Gasteiger partial charge in [0.25, 0.3) is 11.5 Å². The number of H-pyrrole nitrogens is 1. The van der Waals surface area contributed by atoms with Crippen molar-refractivity contribution in [3.05, 3.63) is 55.8 Å². The third-order valence-corrected chi connectivity index (χ3v) is 6.41. The number of hydrogen-bond acceptors (Lipinski definition) is 8. The van der Waals surface area contributed by atoms with Crippen LogP contribution in [-0.4, -0.2) is 70.8 Å². The second-order valence-corrected chi connectivity index (χ2v) is 8.46. The van der Waals surface area contributed by atoms with Crippen LogP contribution < -0.4 is 32.5 Å². The number of benzene rings is 1. The molecule has 3 rings (SSSR count). The van der Waals surface area contributed by atoms with Gasteiger partial charge < -0.3 is 26.4 Å². The van der Waals surface area contributed by atoms with Gasteiger partial charge in [-0.15, -0.1) is 0 Å².